The summed E-state index contributed by atoms with van der Waals surface area (Å²) in [7, 11) is 0. The van der Waals surface area contributed by atoms with Crippen molar-refractivity contribution in [2.24, 2.45) is 10.2 Å². The van der Waals surface area contributed by atoms with E-state index in [1.807, 2.05) is 76.5 Å². The van der Waals surface area contributed by atoms with Gasteiger partial charge in [-0.05, 0) is 88.1 Å². The lowest BCUT2D eigenvalue weighted by molar-refractivity contribution is -0.115. The van der Waals surface area contributed by atoms with Crippen molar-refractivity contribution in [2.75, 3.05) is 36.2 Å². The smallest absolute Gasteiger partial charge is 0.282 e. The van der Waals surface area contributed by atoms with Gasteiger partial charge in [-0.15, -0.1) is 0 Å². The predicted molar refractivity (Wildman–Crippen MR) is 152 cm³/mol. The number of hydrogen-bond acceptors (Lipinski definition) is 6. The van der Waals surface area contributed by atoms with Crippen LogP contribution in [0.5, 0.6) is 0 Å². The Labute approximate surface area is 224 Å². The molecule has 196 valence electrons. The summed E-state index contributed by atoms with van der Waals surface area (Å²) >= 11 is 0. The van der Waals surface area contributed by atoms with E-state index in [2.05, 4.69) is 33.9 Å². The number of hydrazone groups is 2. The third-order valence-electron chi connectivity index (χ3n) is 7.57. The molecule has 0 atom stereocenters. The zero-order valence-electron chi connectivity index (χ0n) is 22.9. The van der Waals surface area contributed by atoms with Crippen molar-refractivity contribution in [1.29, 1.82) is 0 Å². The first-order chi connectivity index (χ1) is 18.1. The van der Waals surface area contributed by atoms with Crippen LogP contribution >= 0.6 is 0 Å². The zero-order valence-corrected chi connectivity index (χ0v) is 22.9. The minimum absolute atomic E-state index is 0.106. The molecule has 2 amide bonds. The predicted octanol–water partition coefficient (Wildman–Crippen LogP) is 4.45. The Hall–Kier alpha value is -4.20. The molecule has 0 bridgehead atoms. The summed E-state index contributed by atoms with van der Waals surface area (Å²) in [5.41, 5.74) is 8.86. The molecule has 1 saturated heterocycles. The van der Waals surface area contributed by atoms with Crippen LogP contribution in [0.25, 0.3) is 0 Å². The molecule has 38 heavy (non-hydrogen) atoms. The van der Waals surface area contributed by atoms with E-state index in [1.54, 1.807) is 0 Å². The van der Waals surface area contributed by atoms with Gasteiger partial charge in [0.15, 0.2) is 0 Å². The van der Waals surface area contributed by atoms with Gasteiger partial charge in [0, 0.05) is 38.6 Å². The monoisotopic (exact) mass is 510 g/mol. The molecule has 3 heterocycles. The van der Waals surface area contributed by atoms with E-state index in [0.29, 0.717) is 22.6 Å². The summed E-state index contributed by atoms with van der Waals surface area (Å²) < 4.78 is 0. The van der Waals surface area contributed by atoms with Crippen molar-refractivity contribution >= 4 is 34.6 Å². The molecule has 2 aromatic rings. The highest BCUT2D eigenvalue weighted by atomic mass is 16.2. The van der Waals surface area contributed by atoms with E-state index < -0.39 is 0 Å². The van der Waals surface area contributed by atoms with Gasteiger partial charge in [0.2, 0.25) is 0 Å². The molecule has 3 aliphatic heterocycles. The maximum absolute atomic E-state index is 13.2. The normalized spacial score (nSPS) is 20.3. The molecule has 3 aliphatic rings. The quantitative estimate of drug-likeness (QED) is 0.570. The maximum Gasteiger partial charge on any atom is 0.282 e. The van der Waals surface area contributed by atoms with E-state index in [1.165, 1.54) is 21.1 Å². The van der Waals surface area contributed by atoms with Crippen molar-refractivity contribution < 1.29 is 9.59 Å². The summed E-state index contributed by atoms with van der Waals surface area (Å²) in [6.07, 6.45) is 3.86. The molecule has 8 nitrogen and oxygen atoms in total. The van der Waals surface area contributed by atoms with E-state index in [9.17, 15) is 9.59 Å². The third kappa shape index (κ3) is 4.74. The van der Waals surface area contributed by atoms with Crippen LogP contribution in [0.2, 0.25) is 0 Å². The molecule has 0 saturated carbocycles. The number of amides is 2. The second kappa shape index (κ2) is 9.93. The Balaban J connectivity index is 1.24. The fourth-order valence-corrected chi connectivity index (χ4v) is 4.76. The Kier molecular flexibility index (Phi) is 6.65. The van der Waals surface area contributed by atoms with Crippen molar-refractivity contribution in [3.8, 4) is 0 Å². The van der Waals surface area contributed by atoms with Gasteiger partial charge in [-0.2, -0.15) is 20.2 Å². The maximum atomic E-state index is 13.2. The first-order valence-electron chi connectivity index (χ1n) is 13.0. The highest BCUT2D eigenvalue weighted by molar-refractivity contribution is 6.30. The first kappa shape index (κ1) is 25.4. The molecule has 0 N–H and O–H groups in total. The van der Waals surface area contributed by atoms with Crippen molar-refractivity contribution in [3.63, 3.8) is 0 Å². The lowest BCUT2D eigenvalue weighted by atomic mass is 10.1. The molecule has 0 aliphatic carbocycles. The summed E-state index contributed by atoms with van der Waals surface area (Å²) in [6, 6.07) is 11.9. The average molecular weight is 511 g/mol. The Morgan fingerprint density at radius 2 is 0.947 bits per heavy atom. The van der Waals surface area contributed by atoms with Gasteiger partial charge >= 0.3 is 0 Å². The van der Waals surface area contributed by atoms with E-state index >= 15 is 0 Å². The van der Waals surface area contributed by atoms with Crippen molar-refractivity contribution in [3.05, 3.63) is 82.2 Å². The van der Waals surface area contributed by atoms with Gasteiger partial charge in [0.1, 0.15) is 0 Å². The van der Waals surface area contributed by atoms with Crippen molar-refractivity contribution in [2.45, 2.75) is 41.5 Å². The van der Waals surface area contributed by atoms with Crippen LogP contribution in [0.4, 0.5) is 11.4 Å². The van der Waals surface area contributed by atoms with Gasteiger partial charge in [-0.3, -0.25) is 9.59 Å². The number of carbonyl (C=O) groups is 2. The second-order valence-electron chi connectivity index (χ2n) is 10.3. The highest BCUT2D eigenvalue weighted by Crippen LogP contribution is 2.27. The van der Waals surface area contributed by atoms with Crippen LogP contribution in [0.15, 0.2) is 70.1 Å². The van der Waals surface area contributed by atoms with Crippen molar-refractivity contribution in [1.82, 2.24) is 9.80 Å². The first-order valence-corrected chi connectivity index (χ1v) is 13.0. The SMILES string of the molecule is CC1=NN(c2ccc(C)c(C)c2)C(=O)/C1=C/N1CCN(/C=C2/C(=O)N(c3ccc(C)c(C)c3)N=C2C)CC1. The summed E-state index contributed by atoms with van der Waals surface area (Å²) in [4.78, 5) is 30.7. The lowest BCUT2D eigenvalue weighted by Gasteiger charge is -2.34. The van der Waals surface area contributed by atoms with Crippen LogP contribution in [0, 0.1) is 27.7 Å². The number of piperazine rings is 1. The Morgan fingerprint density at radius 1 is 0.579 bits per heavy atom. The van der Waals surface area contributed by atoms with Gasteiger partial charge < -0.3 is 9.80 Å². The molecule has 0 spiro atoms. The second-order valence-corrected chi connectivity index (χ2v) is 10.3. The summed E-state index contributed by atoms with van der Waals surface area (Å²) in [5, 5.41) is 12.0. The summed E-state index contributed by atoms with van der Waals surface area (Å²) in [5.74, 6) is -0.213. The molecule has 5 rings (SSSR count). The zero-order chi connectivity index (χ0) is 27.1. The summed E-state index contributed by atoms with van der Waals surface area (Å²) in [6.45, 7) is 14.9. The average Bonchev–Trinajstić information content (AvgIpc) is 3.33. The van der Waals surface area contributed by atoms with Gasteiger partial charge in [0.25, 0.3) is 11.8 Å². The van der Waals surface area contributed by atoms with Crippen LogP contribution in [0.1, 0.15) is 36.1 Å². The van der Waals surface area contributed by atoms with Crippen LogP contribution in [-0.2, 0) is 9.59 Å². The highest BCUT2D eigenvalue weighted by Gasteiger charge is 2.32. The standard InChI is InChI=1S/C30H34N6O2/c1-19-7-9-25(15-21(19)3)35-29(37)27(23(5)31-35)17-33-11-13-34(14-12-33)18-28-24(6)32-36(30(28)38)26-10-8-20(2)22(4)16-26/h7-10,15-18H,11-14H2,1-6H3/b27-17+,28-18+. The van der Waals surface area contributed by atoms with Crippen LogP contribution in [0.3, 0.4) is 0 Å². The molecule has 8 heteroatoms. The molecule has 1 fully saturated rings. The Morgan fingerprint density at radius 3 is 1.29 bits per heavy atom. The topological polar surface area (TPSA) is 71.8 Å². The van der Waals surface area contributed by atoms with Crippen LogP contribution < -0.4 is 10.0 Å². The number of rotatable bonds is 4. The Bertz CT molecular complexity index is 1330. The third-order valence-corrected chi connectivity index (χ3v) is 7.57. The number of hydrogen-bond donors (Lipinski definition) is 0. The van der Waals surface area contributed by atoms with Gasteiger partial charge in [0.05, 0.1) is 33.9 Å². The minimum Gasteiger partial charge on any atom is -0.373 e. The van der Waals surface area contributed by atoms with Gasteiger partial charge in [-0.25, -0.2) is 0 Å². The largest absolute Gasteiger partial charge is 0.373 e. The number of aryl methyl sites for hydroxylation is 4. The number of carbonyl (C=O) groups excluding carboxylic acids is 2. The minimum atomic E-state index is -0.106. The van der Waals surface area contributed by atoms with E-state index in [4.69, 9.17) is 0 Å². The van der Waals surface area contributed by atoms with Gasteiger partial charge in [-0.1, -0.05) is 12.1 Å². The fourth-order valence-electron chi connectivity index (χ4n) is 4.76. The number of nitrogens with zero attached hydrogens (tertiary/aromatic N) is 6. The number of benzene rings is 2. The van der Waals surface area contributed by atoms with Crippen LogP contribution in [-0.4, -0.2) is 59.2 Å². The molecule has 0 radical (unpaired) electrons. The number of anilines is 2. The fraction of sp³-hybridized carbons (Fsp3) is 0.333. The molecule has 0 aromatic heterocycles. The molecular weight excluding hydrogens is 476 g/mol. The molecule has 0 unspecified atom stereocenters. The van der Waals surface area contributed by atoms with E-state index in [0.717, 1.165) is 48.7 Å². The molecule has 2 aromatic carbocycles. The lowest BCUT2D eigenvalue weighted by Crippen LogP contribution is -2.42. The molecular formula is C30H34N6O2. The van der Waals surface area contributed by atoms with E-state index in [-0.39, 0.29) is 11.8 Å².